The average Bonchev–Trinajstić information content (AvgIpc) is 3.48. The zero-order valence-corrected chi connectivity index (χ0v) is 27.4. The van der Waals surface area contributed by atoms with Crippen molar-refractivity contribution in [1.29, 1.82) is 0 Å². The number of allylic oxidation sites excluding steroid dienone is 2. The minimum absolute atomic E-state index is 0.0815. The van der Waals surface area contributed by atoms with Crippen LogP contribution in [-0.4, -0.2) is 65.5 Å². The van der Waals surface area contributed by atoms with Crippen LogP contribution in [0.15, 0.2) is 78.4 Å². The van der Waals surface area contributed by atoms with Crippen molar-refractivity contribution < 1.29 is 43.7 Å². The molecule has 4 aliphatic rings. The number of anilines is 1. The van der Waals surface area contributed by atoms with Gasteiger partial charge < -0.3 is 19.7 Å². The molecule has 49 heavy (non-hydrogen) atoms. The molecule has 3 aromatic carbocycles. The molecular weight excluding hydrogens is 652 g/mol. The fourth-order valence-corrected chi connectivity index (χ4v) is 8.88. The van der Waals surface area contributed by atoms with Gasteiger partial charge in [0.2, 0.25) is 29.4 Å². The van der Waals surface area contributed by atoms with Gasteiger partial charge in [0, 0.05) is 17.5 Å². The van der Waals surface area contributed by atoms with Crippen LogP contribution in [0.4, 0.5) is 5.69 Å². The molecule has 0 unspecified atom stereocenters. The molecule has 12 heteroatoms. The molecule has 0 aromatic heterocycles. The number of amides is 4. The van der Waals surface area contributed by atoms with E-state index in [-0.39, 0.29) is 43.1 Å². The molecule has 0 radical (unpaired) electrons. The number of ether oxygens (including phenoxy) is 2. The van der Waals surface area contributed by atoms with E-state index in [2.05, 4.69) is 0 Å². The van der Waals surface area contributed by atoms with E-state index in [1.807, 2.05) is 24.3 Å². The predicted octanol–water partition coefficient (Wildman–Crippen LogP) is 4.70. The number of phenols is 1. The maximum atomic E-state index is 15.3. The first kappa shape index (κ1) is 32.4. The first-order valence-electron chi connectivity index (χ1n) is 16.0. The van der Waals surface area contributed by atoms with Gasteiger partial charge in [0.1, 0.15) is 0 Å². The van der Waals surface area contributed by atoms with Gasteiger partial charge in [0.05, 0.1) is 49.5 Å². The monoisotopic (exact) mass is 684 g/mol. The minimum atomic E-state index is -1.53. The topological polar surface area (TPSA) is 151 Å². The van der Waals surface area contributed by atoms with Crippen molar-refractivity contribution in [2.45, 2.75) is 30.6 Å². The number of carboxylic acid groups (broad SMARTS) is 1. The summed E-state index contributed by atoms with van der Waals surface area (Å²) in [5.41, 5.74) is 0.554. The molecule has 11 nitrogen and oxygen atoms in total. The van der Waals surface area contributed by atoms with E-state index in [0.717, 1.165) is 4.90 Å². The van der Waals surface area contributed by atoms with Gasteiger partial charge in [-0.3, -0.25) is 28.9 Å². The number of rotatable bonds is 8. The zero-order chi connectivity index (χ0) is 34.8. The molecule has 2 aliphatic heterocycles. The zero-order valence-electron chi connectivity index (χ0n) is 26.7. The van der Waals surface area contributed by atoms with Gasteiger partial charge in [-0.05, 0) is 60.2 Å². The second-order valence-corrected chi connectivity index (χ2v) is 13.3. The van der Waals surface area contributed by atoms with Crippen LogP contribution in [0.1, 0.15) is 36.3 Å². The number of halogens is 1. The van der Waals surface area contributed by atoms with Crippen molar-refractivity contribution in [2.75, 3.05) is 25.7 Å². The molecule has 1 saturated carbocycles. The number of imide groups is 2. The SMILES string of the molecule is COc1cc([C@H]2C3=CC[C@@H]4C(=O)N(CCC(=O)O)C(=O)[C@@H]4[C@@H]3C[C@H]3C(=O)N(c4cccc(Cl)c4)C(=O)[C@@]23c2ccccc2)cc(OC)c1O. The van der Waals surface area contributed by atoms with E-state index < -0.39 is 64.6 Å². The summed E-state index contributed by atoms with van der Waals surface area (Å²) in [5.74, 6) is -7.19. The number of carbonyl (C=O) groups is 5. The van der Waals surface area contributed by atoms with Crippen LogP contribution in [0.25, 0.3) is 0 Å². The van der Waals surface area contributed by atoms with Gasteiger partial charge >= 0.3 is 5.97 Å². The number of nitrogens with zero attached hydrogens (tertiary/aromatic N) is 2. The molecule has 0 bridgehead atoms. The normalized spacial score (nSPS) is 27.4. The summed E-state index contributed by atoms with van der Waals surface area (Å²) in [6.45, 7) is -0.255. The lowest BCUT2D eigenvalue weighted by molar-refractivity contribution is -0.142. The Hall–Kier alpha value is -5.16. The fraction of sp³-hybridized carbons (Fsp3) is 0.324. The van der Waals surface area contributed by atoms with Crippen molar-refractivity contribution in [1.82, 2.24) is 4.90 Å². The highest BCUT2D eigenvalue weighted by Crippen LogP contribution is 2.65. The van der Waals surface area contributed by atoms with Crippen LogP contribution in [0.5, 0.6) is 17.2 Å². The van der Waals surface area contributed by atoms with Crippen LogP contribution in [-0.2, 0) is 29.4 Å². The highest BCUT2D eigenvalue weighted by Gasteiger charge is 2.70. The third kappa shape index (κ3) is 4.74. The van der Waals surface area contributed by atoms with E-state index in [0.29, 0.717) is 27.4 Å². The summed E-state index contributed by atoms with van der Waals surface area (Å²) in [6, 6.07) is 18.8. The number of carboxylic acids is 1. The molecule has 2 saturated heterocycles. The number of methoxy groups -OCH3 is 2. The maximum Gasteiger partial charge on any atom is 0.305 e. The number of hydrogen-bond donors (Lipinski definition) is 2. The van der Waals surface area contributed by atoms with Gasteiger partial charge in [0.25, 0.3) is 0 Å². The summed E-state index contributed by atoms with van der Waals surface area (Å²) in [4.78, 5) is 71.3. The molecule has 4 amide bonds. The molecule has 0 spiro atoms. The smallest absolute Gasteiger partial charge is 0.305 e. The number of aliphatic carboxylic acids is 1. The summed E-state index contributed by atoms with van der Waals surface area (Å²) in [7, 11) is 2.78. The number of aromatic hydroxyl groups is 1. The number of phenolic OH excluding ortho intramolecular Hbond substituents is 1. The highest BCUT2D eigenvalue weighted by molar-refractivity contribution is 6.32. The first-order valence-corrected chi connectivity index (χ1v) is 16.3. The molecule has 2 aliphatic carbocycles. The number of carbonyl (C=O) groups excluding carboxylic acids is 4. The quantitative estimate of drug-likeness (QED) is 0.254. The van der Waals surface area contributed by atoms with Crippen LogP contribution in [0.2, 0.25) is 5.02 Å². The molecule has 7 rings (SSSR count). The predicted molar refractivity (Wildman–Crippen MR) is 176 cm³/mol. The van der Waals surface area contributed by atoms with E-state index in [4.69, 9.17) is 21.1 Å². The third-order valence-corrected chi connectivity index (χ3v) is 10.9. The van der Waals surface area contributed by atoms with Gasteiger partial charge in [-0.1, -0.05) is 59.6 Å². The van der Waals surface area contributed by atoms with Gasteiger partial charge in [-0.2, -0.15) is 0 Å². The van der Waals surface area contributed by atoms with E-state index in [9.17, 15) is 29.4 Å². The Morgan fingerprint density at radius 3 is 2.24 bits per heavy atom. The number of likely N-dealkylation sites (tertiary alicyclic amines) is 1. The van der Waals surface area contributed by atoms with Crippen molar-refractivity contribution in [2.24, 2.45) is 23.7 Å². The molecule has 6 atom stereocenters. The second kappa shape index (κ2) is 12.1. The van der Waals surface area contributed by atoms with E-state index >= 15 is 4.79 Å². The van der Waals surface area contributed by atoms with Gasteiger partial charge in [-0.15, -0.1) is 0 Å². The van der Waals surface area contributed by atoms with Crippen LogP contribution in [0.3, 0.4) is 0 Å². The average molecular weight is 685 g/mol. The number of hydrogen-bond acceptors (Lipinski definition) is 8. The van der Waals surface area contributed by atoms with Crippen molar-refractivity contribution >= 4 is 46.9 Å². The van der Waals surface area contributed by atoms with Crippen molar-refractivity contribution in [3.63, 3.8) is 0 Å². The summed E-state index contributed by atoms with van der Waals surface area (Å²) >= 11 is 6.36. The van der Waals surface area contributed by atoms with Crippen molar-refractivity contribution in [3.05, 3.63) is 94.5 Å². The minimum Gasteiger partial charge on any atom is -0.502 e. The summed E-state index contributed by atoms with van der Waals surface area (Å²) in [5, 5.41) is 20.5. The lowest BCUT2D eigenvalue weighted by Gasteiger charge is -2.50. The second-order valence-electron chi connectivity index (χ2n) is 12.8. The number of fused-ring (bicyclic) bond motifs is 4. The Bertz CT molecular complexity index is 1920. The Morgan fingerprint density at radius 1 is 0.918 bits per heavy atom. The standard InChI is InChI=1S/C37H33ClN2O9/c1-48-27-15-19(16-28(49-2)32(27)43)31-23-11-12-24-30(35(46)39(33(24)44)14-13-29(41)42)25(23)18-26-34(45)40(22-10-6-9-21(38)17-22)36(47)37(26,31)20-7-4-3-5-8-20/h3-11,15-17,24-26,30-31,43H,12-14,18H2,1-2H3,(H,41,42)/t24-,25+,26-,30-,31-,37+/m0/s1. The largest absolute Gasteiger partial charge is 0.502 e. The van der Waals surface area contributed by atoms with Crippen LogP contribution >= 0.6 is 11.6 Å². The first-order chi connectivity index (χ1) is 23.5. The molecule has 2 N–H and O–H groups in total. The number of benzene rings is 3. The Morgan fingerprint density at radius 2 is 1.61 bits per heavy atom. The Kier molecular flexibility index (Phi) is 7.98. The van der Waals surface area contributed by atoms with Crippen LogP contribution in [0, 0.1) is 23.7 Å². The summed E-state index contributed by atoms with van der Waals surface area (Å²) < 4.78 is 11.1. The summed E-state index contributed by atoms with van der Waals surface area (Å²) in [6.07, 6.45) is 1.77. The molecule has 2 heterocycles. The Balaban J connectivity index is 1.49. The van der Waals surface area contributed by atoms with E-state index in [1.54, 1.807) is 48.5 Å². The fourth-order valence-electron chi connectivity index (χ4n) is 8.69. The lowest BCUT2D eigenvalue weighted by atomic mass is 9.49. The molecular formula is C37H33ClN2O9. The molecule has 3 aromatic rings. The lowest BCUT2D eigenvalue weighted by Crippen LogP contribution is -2.53. The molecule has 3 fully saturated rings. The highest BCUT2D eigenvalue weighted by atomic mass is 35.5. The van der Waals surface area contributed by atoms with Gasteiger partial charge in [-0.25, -0.2) is 4.90 Å². The van der Waals surface area contributed by atoms with E-state index in [1.165, 1.54) is 19.1 Å². The molecule has 252 valence electrons. The van der Waals surface area contributed by atoms with Crippen LogP contribution < -0.4 is 14.4 Å². The van der Waals surface area contributed by atoms with Crippen molar-refractivity contribution in [3.8, 4) is 17.2 Å². The maximum absolute atomic E-state index is 15.3. The Labute approximate surface area is 286 Å². The van der Waals surface area contributed by atoms with Gasteiger partial charge in [0.15, 0.2) is 11.5 Å². The third-order valence-electron chi connectivity index (χ3n) is 10.6.